The van der Waals surface area contributed by atoms with E-state index in [1.54, 1.807) is 18.2 Å². The largest absolute Gasteiger partial charge is 0.493 e. The van der Waals surface area contributed by atoms with Gasteiger partial charge in [-0.05, 0) is 42.3 Å². The number of hydrazone groups is 1. The summed E-state index contributed by atoms with van der Waals surface area (Å²) < 4.78 is 36.0. The van der Waals surface area contributed by atoms with Crippen molar-refractivity contribution in [3.05, 3.63) is 93.5 Å². The summed E-state index contributed by atoms with van der Waals surface area (Å²) in [5.74, 6) is 0.989. The van der Waals surface area contributed by atoms with Crippen LogP contribution in [0.15, 0.2) is 76.7 Å². The van der Waals surface area contributed by atoms with Gasteiger partial charge in [0.1, 0.15) is 6.61 Å². The third-order valence-electron chi connectivity index (χ3n) is 4.50. The molecule has 32 heavy (non-hydrogen) atoms. The van der Waals surface area contributed by atoms with Gasteiger partial charge in [0.25, 0.3) is 15.7 Å². The molecule has 0 aliphatic carbocycles. The Morgan fingerprint density at radius 3 is 2.50 bits per heavy atom. The predicted octanol–water partition coefficient (Wildman–Crippen LogP) is 3.80. The first-order valence-corrected chi connectivity index (χ1v) is 10.9. The normalized spacial score (nSPS) is 11.3. The maximum atomic E-state index is 12.4. The second-order valence-corrected chi connectivity index (χ2v) is 8.40. The molecule has 3 aromatic rings. The maximum absolute atomic E-state index is 12.4. The van der Waals surface area contributed by atoms with E-state index in [1.807, 2.05) is 30.3 Å². The van der Waals surface area contributed by atoms with Crippen molar-refractivity contribution < 1.29 is 22.8 Å². The molecule has 0 aromatic heterocycles. The number of sulfonamides is 1. The van der Waals surface area contributed by atoms with Crippen LogP contribution in [0.25, 0.3) is 0 Å². The highest BCUT2D eigenvalue weighted by Crippen LogP contribution is 2.28. The lowest BCUT2D eigenvalue weighted by Crippen LogP contribution is -2.18. The van der Waals surface area contributed by atoms with Crippen LogP contribution in [0.1, 0.15) is 16.7 Å². The lowest BCUT2D eigenvalue weighted by Gasteiger charge is -2.11. The minimum atomic E-state index is -4.07. The van der Waals surface area contributed by atoms with Crippen LogP contribution < -0.4 is 14.3 Å². The predicted molar refractivity (Wildman–Crippen MR) is 120 cm³/mol. The van der Waals surface area contributed by atoms with Crippen LogP contribution in [0.4, 0.5) is 5.69 Å². The zero-order valence-electron chi connectivity index (χ0n) is 17.4. The summed E-state index contributed by atoms with van der Waals surface area (Å²) in [5.41, 5.74) is 1.64. The molecular weight excluding hydrogens is 434 g/mol. The number of nitro groups is 1. The second kappa shape index (κ2) is 9.92. The van der Waals surface area contributed by atoms with Gasteiger partial charge < -0.3 is 9.47 Å². The number of hydrogen-bond acceptors (Lipinski definition) is 7. The first kappa shape index (κ1) is 22.8. The monoisotopic (exact) mass is 455 g/mol. The number of rotatable bonds is 9. The molecule has 0 saturated carbocycles. The van der Waals surface area contributed by atoms with Gasteiger partial charge in [0.15, 0.2) is 11.5 Å². The number of nitro benzene ring substituents is 1. The molecule has 3 aromatic carbocycles. The fraction of sp³-hybridized carbons (Fsp3) is 0.136. The lowest BCUT2D eigenvalue weighted by atomic mass is 10.2. The van der Waals surface area contributed by atoms with E-state index in [4.69, 9.17) is 9.47 Å². The van der Waals surface area contributed by atoms with Crippen molar-refractivity contribution in [2.75, 3.05) is 7.11 Å². The van der Waals surface area contributed by atoms with Crippen LogP contribution in [0, 0.1) is 17.0 Å². The summed E-state index contributed by atoms with van der Waals surface area (Å²) in [5, 5.41) is 14.8. The van der Waals surface area contributed by atoms with Crippen LogP contribution in [-0.2, 0) is 16.6 Å². The Balaban J connectivity index is 1.71. The molecule has 1 N–H and O–H groups in total. The zero-order valence-corrected chi connectivity index (χ0v) is 18.2. The number of aryl methyl sites for hydroxylation is 1. The van der Waals surface area contributed by atoms with Crippen LogP contribution in [0.5, 0.6) is 11.5 Å². The summed E-state index contributed by atoms with van der Waals surface area (Å²) in [6.45, 7) is 1.90. The highest BCUT2D eigenvalue weighted by atomic mass is 32.2. The number of hydrogen-bond donors (Lipinski definition) is 1. The molecular formula is C22H21N3O6S. The van der Waals surface area contributed by atoms with Gasteiger partial charge in [0, 0.05) is 11.6 Å². The topological polar surface area (TPSA) is 120 Å². The average molecular weight is 455 g/mol. The van der Waals surface area contributed by atoms with Gasteiger partial charge in [-0.1, -0.05) is 36.4 Å². The van der Waals surface area contributed by atoms with Gasteiger partial charge in [-0.2, -0.15) is 13.5 Å². The van der Waals surface area contributed by atoms with Gasteiger partial charge in [0.2, 0.25) is 0 Å². The Bertz CT molecular complexity index is 1240. The number of nitrogens with one attached hydrogen (secondary N) is 1. The average Bonchev–Trinajstić information content (AvgIpc) is 2.78. The summed E-state index contributed by atoms with van der Waals surface area (Å²) in [6, 6.07) is 18.3. The Hall–Kier alpha value is -3.92. The van der Waals surface area contributed by atoms with Crippen molar-refractivity contribution in [2.45, 2.75) is 18.4 Å². The fourth-order valence-corrected chi connectivity index (χ4v) is 3.61. The molecule has 0 radical (unpaired) electrons. The number of benzene rings is 3. The van der Waals surface area contributed by atoms with E-state index < -0.39 is 14.9 Å². The number of methoxy groups -OCH3 is 1. The van der Waals surface area contributed by atoms with Crippen LogP contribution in [0.3, 0.4) is 0 Å². The molecule has 3 rings (SSSR count). The Morgan fingerprint density at radius 1 is 1.06 bits per heavy atom. The van der Waals surface area contributed by atoms with Crippen molar-refractivity contribution in [1.82, 2.24) is 4.83 Å². The van der Waals surface area contributed by atoms with Crippen molar-refractivity contribution in [2.24, 2.45) is 5.10 Å². The summed E-state index contributed by atoms with van der Waals surface area (Å²) in [4.78, 5) is 12.2. The highest BCUT2D eigenvalue weighted by molar-refractivity contribution is 7.89. The second-order valence-electron chi connectivity index (χ2n) is 6.74. The van der Waals surface area contributed by atoms with E-state index in [2.05, 4.69) is 9.93 Å². The zero-order chi connectivity index (χ0) is 23.1. The minimum absolute atomic E-state index is 0.255. The van der Waals surface area contributed by atoms with Gasteiger partial charge in [0.05, 0.1) is 23.1 Å². The smallest absolute Gasteiger partial charge is 0.276 e. The van der Waals surface area contributed by atoms with Gasteiger partial charge in [-0.25, -0.2) is 4.83 Å². The number of ether oxygens (including phenoxy) is 2. The van der Waals surface area contributed by atoms with Crippen molar-refractivity contribution in [1.29, 1.82) is 0 Å². The molecule has 0 fully saturated rings. The third-order valence-corrected chi connectivity index (χ3v) is 5.72. The van der Waals surface area contributed by atoms with Crippen molar-refractivity contribution >= 4 is 21.9 Å². The van der Waals surface area contributed by atoms with Crippen molar-refractivity contribution in [3.63, 3.8) is 0 Å². The molecule has 0 spiro atoms. The van der Waals surface area contributed by atoms with E-state index in [0.29, 0.717) is 29.2 Å². The van der Waals surface area contributed by atoms with Gasteiger partial charge in [-0.15, -0.1) is 0 Å². The minimum Gasteiger partial charge on any atom is -0.493 e. The summed E-state index contributed by atoms with van der Waals surface area (Å²) in [6.07, 6.45) is 1.30. The molecule has 0 aliphatic rings. The van der Waals surface area contributed by atoms with E-state index in [1.165, 1.54) is 32.4 Å². The van der Waals surface area contributed by atoms with E-state index in [-0.39, 0.29) is 10.6 Å². The maximum Gasteiger partial charge on any atom is 0.276 e. The highest BCUT2D eigenvalue weighted by Gasteiger charge is 2.19. The summed E-state index contributed by atoms with van der Waals surface area (Å²) >= 11 is 0. The van der Waals surface area contributed by atoms with Crippen molar-refractivity contribution in [3.8, 4) is 11.5 Å². The summed E-state index contributed by atoms with van der Waals surface area (Å²) in [7, 11) is -2.58. The number of nitrogens with zero attached hydrogens (tertiary/aromatic N) is 2. The van der Waals surface area contributed by atoms with Crippen LogP contribution >= 0.6 is 0 Å². The Morgan fingerprint density at radius 2 is 1.81 bits per heavy atom. The van der Waals surface area contributed by atoms with E-state index >= 15 is 0 Å². The first-order valence-electron chi connectivity index (χ1n) is 9.45. The lowest BCUT2D eigenvalue weighted by molar-refractivity contribution is -0.385. The molecule has 0 heterocycles. The third kappa shape index (κ3) is 5.61. The van der Waals surface area contributed by atoms with E-state index in [0.717, 1.165) is 11.6 Å². The molecule has 0 unspecified atom stereocenters. The SMILES string of the molecule is COc1cc(/C=N/NS(=O)(=O)c2ccc(C)c([N+](=O)[O-])c2)ccc1OCc1ccccc1. The molecule has 9 nitrogen and oxygen atoms in total. The molecule has 10 heteroatoms. The van der Waals surface area contributed by atoms with Gasteiger partial charge >= 0.3 is 0 Å². The molecule has 0 amide bonds. The Labute approximate surface area is 185 Å². The van der Waals surface area contributed by atoms with Crippen LogP contribution in [0.2, 0.25) is 0 Å². The van der Waals surface area contributed by atoms with Gasteiger partial charge in [-0.3, -0.25) is 10.1 Å². The quantitative estimate of drug-likeness (QED) is 0.298. The fourth-order valence-electron chi connectivity index (χ4n) is 2.80. The first-order chi connectivity index (χ1) is 15.3. The van der Waals surface area contributed by atoms with Crippen LogP contribution in [-0.4, -0.2) is 26.7 Å². The molecule has 0 aliphatic heterocycles. The Kier molecular flexibility index (Phi) is 7.06. The molecule has 0 saturated heterocycles. The molecule has 166 valence electrons. The molecule has 0 bridgehead atoms. The standard InChI is InChI=1S/C22H21N3O6S/c1-16-8-10-19(13-20(16)25(26)27)32(28,29)24-23-14-18-9-11-21(22(12-18)30-2)31-15-17-6-4-3-5-7-17/h3-14,24H,15H2,1-2H3/b23-14+. The van der Waals surface area contributed by atoms with E-state index in [9.17, 15) is 18.5 Å². The molecule has 0 atom stereocenters.